The Morgan fingerprint density at radius 1 is 1.13 bits per heavy atom. The Kier molecular flexibility index (Phi) is 4.75. The summed E-state index contributed by atoms with van der Waals surface area (Å²) in [5.74, 6) is 0.553. The molecule has 3 atom stereocenters. The first-order chi connectivity index (χ1) is 14.6. The van der Waals surface area contributed by atoms with Gasteiger partial charge in [0, 0.05) is 31.1 Å². The molecule has 5 rings (SSSR count). The molecule has 0 saturated carbocycles. The van der Waals surface area contributed by atoms with Gasteiger partial charge in [-0.2, -0.15) is 0 Å². The van der Waals surface area contributed by atoms with Crippen molar-refractivity contribution in [2.24, 2.45) is 5.92 Å². The Labute approximate surface area is 174 Å². The number of carbonyl (C=O) groups excluding carboxylic acids is 1. The van der Waals surface area contributed by atoms with Crippen molar-refractivity contribution in [2.45, 2.75) is 18.4 Å². The summed E-state index contributed by atoms with van der Waals surface area (Å²) in [6.45, 7) is 2.32. The van der Waals surface area contributed by atoms with E-state index in [0.717, 1.165) is 23.2 Å². The maximum Gasteiger partial charge on any atom is 0.269 e. The van der Waals surface area contributed by atoms with E-state index in [9.17, 15) is 14.9 Å². The molecular weight excluding hydrogens is 382 g/mol. The van der Waals surface area contributed by atoms with Gasteiger partial charge in [-0.25, -0.2) is 0 Å². The molecule has 2 heterocycles. The third-order valence-corrected chi connectivity index (χ3v) is 6.39. The van der Waals surface area contributed by atoms with E-state index >= 15 is 0 Å². The molecule has 1 fully saturated rings. The number of anilines is 1. The van der Waals surface area contributed by atoms with Crippen molar-refractivity contribution in [3.8, 4) is 0 Å². The second-order valence-electron chi connectivity index (χ2n) is 8.00. The molecule has 2 aromatic carbocycles. The first kappa shape index (κ1) is 18.8. The maximum atomic E-state index is 13.3. The van der Waals surface area contributed by atoms with E-state index in [0.29, 0.717) is 37.8 Å². The first-order valence-corrected chi connectivity index (χ1v) is 10.3. The van der Waals surface area contributed by atoms with Crippen molar-refractivity contribution >= 4 is 17.3 Å². The van der Waals surface area contributed by atoms with Crippen molar-refractivity contribution in [1.29, 1.82) is 0 Å². The summed E-state index contributed by atoms with van der Waals surface area (Å²) in [6.07, 6.45) is 5.35. The summed E-state index contributed by atoms with van der Waals surface area (Å²) in [5, 5.41) is 14.7. The van der Waals surface area contributed by atoms with Crippen molar-refractivity contribution in [1.82, 2.24) is 4.90 Å². The fraction of sp³-hybridized carbons (Fsp3) is 0.348. The molecule has 2 aromatic rings. The number of benzene rings is 2. The van der Waals surface area contributed by atoms with E-state index in [-0.39, 0.29) is 28.5 Å². The van der Waals surface area contributed by atoms with E-state index in [1.807, 2.05) is 29.2 Å². The lowest BCUT2D eigenvalue weighted by molar-refractivity contribution is -0.384. The van der Waals surface area contributed by atoms with E-state index in [1.165, 1.54) is 0 Å². The summed E-state index contributed by atoms with van der Waals surface area (Å²) >= 11 is 0. The molecule has 0 radical (unpaired) electrons. The van der Waals surface area contributed by atoms with Gasteiger partial charge in [-0.1, -0.05) is 36.4 Å². The minimum atomic E-state index is -0.383. The second-order valence-corrected chi connectivity index (χ2v) is 8.00. The van der Waals surface area contributed by atoms with Crippen molar-refractivity contribution in [3.63, 3.8) is 0 Å². The number of para-hydroxylation sites is 1. The highest BCUT2D eigenvalue weighted by Crippen LogP contribution is 2.50. The highest BCUT2D eigenvalue weighted by molar-refractivity contribution is 6.01. The number of hydrogen-bond donors (Lipinski definition) is 1. The zero-order valence-corrected chi connectivity index (χ0v) is 16.5. The van der Waals surface area contributed by atoms with Crippen LogP contribution in [-0.2, 0) is 4.74 Å². The molecule has 0 bridgehead atoms. The number of nitrogens with zero attached hydrogens (tertiary/aromatic N) is 2. The zero-order chi connectivity index (χ0) is 20.7. The van der Waals surface area contributed by atoms with Crippen molar-refractivity contribution < 1.29 is 14.5 Å². The van der Waals surface area contributed by atoms with Gasteiger partial charge in [0.05, 0.1) is 35.4 Å². The van der Waals surface area contributed by atoms with Crippen molar-refractivity contribution in [2.75, 3.05) is 31.6 Å². The summed E-state index contributed by atoms with van der Waals surface area (Å²) in [4.78, 5) is 25.8. The number of nitro groups is 1. The fourth-order valence-corrected chi connectivity index (χ4v) is 4.87. The quantitative estimate of drug-likeness (QED) is 0.476. The predicted octanol–water partition coefficient (Wildman–Crippen LogP) is 3.89. The molecule has 1 saturated heterocycles. The SMILES string of the molecule is O=C(c1cccc2c1N[C@@H](c1ccc([N+](=O)[O-])cc1)[C@@H]1CC=C[C@H]21)N1CCOCC1. The molecule has 3 aliphatic rings. The Bertz CT molecular complexity index is 1010. The number of non-ortho nitro benzene ring substituents is 1. The molecule has 0 spiro atoms. The van der Waals surface area contributed by atoms with E-state index in [2.05, 4.69) is 23.5 Å². The van der Waals surface area contributed by atoms with Crippen LogP contribution in [0, 0.1) is 16.0 Å². The average molecular weight is 405 g/mol. The van der Waals surface area contributed by atoms with Crippen LogP contribution in [0.1, 0.15) is 39.9 Å². The predicted molar refractivity (Wildman–Crippen MR) is 113 cm³/mol. The highest BCUT2D eigenvalue weighted by Gasteiger charge is 2.39. The molecule has 2 aliphatic heterocycles. The molecule has 7 heteroatoms. The number of morpholine rings is 1. The summed E-state index contributed by atoms with van der Waals surface area (Å²) in [6, 6.07) is 12.7. The highest BCUT2D eigenvalue weighted by atomic mass is 16.6. The summed E-state index contributed by atoms with van der Waals surface area (Å²) in [5.41, 5.74) is 3.79. The molecular formula is C23H23N3O4. The molecule has 7 nitrogen and oxygen atoms in total. The minimum absolute atomic E-state index is 0.0167. The lowest BCUT2D eigenvalue weighted by atomic mass is 9.76. The normalized spacial score (nSPS) is 24.7. The third-order valence-electron chi connectivity index (χ3n) is 6.39. The maximum absolute atomic E-state index is 13.3. The van der Waals surface area contributed by atoms with Crippen LogP contribution in [0.2, 0.25) is 0 Å². The molecule has 1 amide bonds. The molecule has 1 N–H and O–H groups in total. The van der Waals surface area contributed by atoms with Gasteiger partial charge >= 0.3 is 0 Å². The van der Waals surface area contributed by atoms with Crippen LogP contribution in [0.25, 0.3) is 0 Å². The van der Waals surface area contributed by atoms with Gasteiger partial charge in [0.1, 0.15) is 0 Å². The standard InChI is InChI=1S/C23H23N3O4/c27-23(25-11-13-30-14-12-25)20-6-2-5-19-17-3-1-4-18(17)21(24-22(19)20)15-7-9-16(10-8-15)26(28)29/h1-3,5-10,17-18,21,24H,4,11-14H2/t17-,18+,21-/m0/s1. The van der Waals surface area contributed by atoms with E-state index < -0.39 is 0 Å². The van der Waals surface area contributed by atoms with Gasteiger partial charge in [0.15, 0.2) is 0 Å². The smallest absolute Gasteiger partial charge is 0.269 e. The number of hydrogen-bond acceptors (Lipinski definition) is 5. The lowest BCUT2D eigenvalue weighted by Crippen LogP contribution is -2.41. The Hall–Kier alpha value is -3.19. The van der Waals surface area contributed by atoms with Gasteiger partial charge in [-0.05, 0) is 29.5 Å². The van der Waals surface area contributed by atoms with Crippen LogP contribution in [0.4, 0.5) is 11.4 Å². The zero-order valence-electron chi connectivity index (χ0n) is 16.5. The number of nitrogens with one attached hydrogen (secondary N) is 1. The third kappa shape index (κ3) is 3.15. The van der Waals surface area contributed by atoms with Crippen LogP contribution in [0.15, 0.2) is 54.6 Å². The number of fused-ring (bicyclic) bond motifs is 3. The molecule has 0 aromatic heterocycles. The van der Waals surface area contributed by atoms with Gasteiger partial charge in [0.25, 0.3) is 11.6 Å². The Morgan fingerprint density at radius 2 is 1.90 bits per heavy atom. The first-order valence-electron chi connectivity index (χ1n) is 10.3. The van der Waals surface area contributed by atoms with E-state index in [1.54, 1.807) is 12.1 Å². The van der Waals surface area contributed by atoms with Crippen LogP contribution in [-0.4, -0.2) is 42.0 Å². The van der Waals surface area contributed by atoms with Gasteiger partial charge in [-0.3, -0.25) is 14.9 Å². The Morgan fingerprint density at radius 3 is 2.63 bits per heavy atom. The van der Waals surface area contributed by atoms with Gasteiger partial charge < -0.3 is 15.0 Å². The number of rotatable bonds is 3. The second kappa shape index (κ2) is 7.57. The largest absolute Gasteiger partial charge is 0.378 e. The summed E-state index contributed by atoms with van der Waals surface area (Å²) < 4.78 is 5.39. The lowest BCUT2D eigenvalue weighted by Gasteiger charge is -2.39. The van der Waals surface area contributed by atoms with Crippen LogP contribution >= 0.6 is 0 Å². The molecule has 1 aliphatic carbocycles. The monoisotopic (exact) mass is 405 g/mol. The number of amides is 1. The number of nitro benzene ring substituents is 1. The molecule has 154 valence electrons. The van der Waals surface area contributed by atoms with Crippen molar-refractivity contribution in [3.05, 3.63) is 81.4 Å². The topological polar surface area (TPSA) is 84.7 Å². The Balaban J connectivity index is 1.52. The van der Waals surface area contributed by atoms with Crippen LogP contribution < -0.4 is 5.32 Å². The average Bonchev–Trinajstić information content (AvgIpc) is 3.28. The molecule has 30 heavy (non-hydrogen) atoms. The van der Waals surface area contributed by atoms with Crippen LogP contribution in [0.3, 0.4) is 0 Å². The van der Waals surface area contributed by atoms with Gasteiger partial charge in [0.2, 0.25) is 0 Å². The number of ether oxygens (including phenoxy) is 1. The summed E-state index contributed by atoms with van der Waals surface area (Å²) in [7, 11) is 0. The minimum Gasteiger partial charge on any atom is -0.378 e. The molecule has 0 unspecified atom stereocenters. The number of carbonyl (C=O) groups is 1. The van der Waals surface area contributed by atoms with Gasteiger partial charge in [-0.15, -0.1) is 0 Å². The number of allylic oxidation sites excluding steroid dienone is 2. The van der Waals surface area contributed by atoms with Crippen LogP contribution in [0.5, 0.6) is 0 Å². The van der Waals surface area contributed by atoms with E-state index in [4.69, 9.17) is 4.74 Å². The fourth-order valence-electron chi connectivity index (χ4n) is 4.87.